The predicted molar refractivity (Wildman–Crippen MR) is 69.2 cm³/mol. The molecule has 104 valence electrons. The van der Waals surface area contributed by atoms with Gasteiger partial charge in [-0.1, -0.05) is 23.7 Å². The van der Waals surface area contributed by atoms with E-state index in [0.717, 1.165) is 0 Å². The van der Waals surface area contributed by atoms with Gasteiger partial charge in [0.2, 0.25) is 5.91 Å². The number of rotatable bonds is 3. The van der Waals surface area contributed by atoms with E-state index in [2.05, 4.69) is 10.6 Å². The van der Waals surface area contributed by atoms with Crippen molar-refractivity contribution < 1.29 is 13.6 Å². The molecule has 19 heavy (non-hydrogen) atoms. The Morgan fingerprint density at radius 3 is 3.00 bits per heavy atom. The number of nitrogens with one attached hydrogen (secondary N) is 2. The minimum absolute atomic E-state index is 0.0158. The minimum Gasteiger partial charge on any atom is -0.351 e. The van der Waals surface area contributed by atoms with Crippen LogP contribution in [0.25, 0.3) is 0 Å². The second kappa shape index (κ2) is 5.43. The molecule has 0 radical (unpaired) electrons. The Balaban J connectivity index is 1.92. The van der Waals surface area contributed by atoms with Gasteiger partial charge in [0.15, 0.2) is 0 Å². The lowest BCUT2D eigenvalue weighted by Gasteiger charge is -2.13. The van der Waals surface area contributed by atoms with Crippen LogP contribution in [-0.2, 0) is 11.3 Å². The molecule has 1 saturated heterocycles. The van der Waals surface area contributed by atoms with Gasteiger partial charge in [0.05, 0.1) is 11.1 Å². The summed E-state index contributed by atoms with van der Waals surface area (Å²) in [4.78, 5) is 11.8. The zero-order valence-corrected chi connectivity index (χ0v) is 11.2. The molecule has 6 heteroatoms. The molecule has 0 aliphatic carbocycles. The third-order valence-electron chi connectivity index (χ3n) is 3.15. The highest BCUT2D eigenvalue weighted by Gasteiger charge is 2.38. The average Bonchev–Trinajstić information content (AvgIpc) is 2.71. The molecule has 0 unspecified atom stereocenters. The zero-order valence-electron chi connectivity index (χ0n) is 10.5. The minimum atomic E-state index is -1.37. The van der Waals surface area contributed by atoms with Gasteiger partial charge in [0.25, 0.3) is 0 Å². The fraction of sp³-hybridized carbons (Fsp3) is 0.462. The highest BCUT2D eigenvalue weighted by Crippen LogP contribution is 2.23. The maximum atomic E-state index is 13.6. The van der Waals surface area contributed by atoms with E-state index in [4.69, 9.17) is 11.6 Å². The summed E-state index contributed by atoms with van der Waals surface area (Å²) < 4.78 is 27.2. The van der Waals surface area contributed by atoms with E-state index in [9.17, 15) is 13.6 Å². The summed E-state index contributed by atoms with van der Waals surface area (Å²) in [5, 5.41) is 5.40. The van der Waals surface area contributed by atoms with E-state index >= 15 is 0 Å². The van der Waals surface area contributed by atoms with Crippen molar-refractivity contribution >= 4 is 17.5 Å². The standard InChI is InChI=1S/C13H15ClF2N2O/c1-13(16)5-10(18-7-13)12(19)17-6-8-3-2-4-9(14)11(8)15/h2-4,10,18H,5-7H2,1H3,(H,17,19)/t10-,13+/m0/s1. The molecule has 1 amide bonds. The first-order valence-electron chi connectivity index (χ1n) is 6.02. The summed E-state index contributed by atoms with van der Waals surface area (Å²) in [6.07, 6.45) is 0.122. The molecule has 0 aromatic heterocycles. The summed E-state index contributed by atoms with van der Waals surface area (Å²) in [6.45, 7) is 1.63. The highest BCUT2D eigenvalue weighted by atomic mass is 35.5. The first-order valence-corrected chi connectivity index (χ1v) is 6.40. The van der Waals surface area contributed by atoms with Crippen LogP contribution in [0.2, 0.25) is 5.02 Å². The van der Waals surface area contributed by atoms with Gasteiger partial charge in [-0.3, -0.25) is 4.79 Å². The second-order valence-corrected chi connectivity index (χ2v) is 5.39. The van der Waals surface area contributed by atoms with E-state index in [1.807, 2.05) is 0 Å². The molecule has 0 bridgehead atoms. The van der Waals surface area contributed by atoms with Crippen molar-refractivity contribution in [3.05, 3.63) is 34.6 Å². The summed E-state index contributed by atoms with van der Waals surface area (Å²) in [5.74, 6) is -0.875. The number of carbonyl (C=O) groups is 1. The molecule has 3 nitrogen and oxygen atoms in total. The van der Waals surface area contributed by atoms with Crippen molar-refractivity contribution in [3.63, 3.8) is 0 Å². The SMILES string of the molecule is C[C@]1(F)CN[C@H](C(=O)NCc2cccc(Cl)c2F)C1. The van der Waals surface area contributed by atoms with Crippen molar-refractivity contribution in [1.29, 1.82) is 0 Å². The van der Waals surface area contributed by atoms with Crippen LogP contribution in [0.1, 0.15) is 18.9 Å². The van der Waals surface area contributed by atoms with Gasteiger partial charge in [0.1, 0.15) is 11.5 Å². The number of hydrogen-bond acceptors (Lipinski definition) is 2. The van der Waals surface area contributed by atoms with Gasteiger partial charge >= 0.3 is 0 Å². The topological polar surface area (TPSA) is 41.1 Å². The summed E-state index contributed by atoms with van der Waals surface area (Å²) >= 11 is 5.64. The molecule has 0 spiro atoms. The van der Waals surface area contributed by atoms with Crippen LogP contribution in [0.3, 0.4) is 0 Å². The average molecular weight is 289 g/mol. The van der Waals surface area contributed by atoms with Gasteiger partial charge in [-0.2, -0.15) is 0 Å². The lowest BCUT2D eigenvalue weighted by molar-refractivity contribution is -0.123. The molecule has 2 N–H and O–H groups in total. The third-order valence-corrected chi connectivity index (χ3v) is 3.44. The predicted octanol–water partition coefficient (Wildman–Crippen LogP) is 2.19. The van der Waals surface area contributed by atoms with Crippen molar-refractivity contribution in [3.8, 4) is 0 Å². The molecule has 1 heterocycles. The summed E-state index contributed by atoms with van der Waals surface area (Å²) in [5.41, 5.74) is -1.06. The maximum absolute atomic E-state index is 13.6. The monoisotopic (exact) mass is 288 g/mol. The molecule has 1 aromatic rings. The number of halogens is 3. The van der Waals surface area contributed by atoms with Gasteiger partial charge in [-0.15, -0.1) is 0 Å². The van der Waals surface area contributed by atoms with E-state index in [0.29, 0.717) is 5.56 Å². The molecule has 1 aromatic carbocycles. The number of benzene rings is 1. The van der Waals surface area contributed by atoms with Crippen molar-refractivity contribution in [1.82, 2.24) is 10.6 Å². The van der Waals surface area contributed by atoms with E-state index in [1.165, 1.54) is 13.0 Å². The summed E-state index contributed by atoms with van der Waals surface area (Å²) in [7, 11) is 0. The first-order chi connectivity index (χ1) is 8.89. The highest BCUT2D eigenvalue weighted by molar-refractivity contribution is 6.30. The van der Waals surface area contributed by atoms with Crippen LogP contribution < -0.4 is 10.6 Å². The molecule has 0 saturated carbocycles. The van der Waals surface area contributed by atoms with Crippen LogP contribution in [0.5, 0.6) is 0 Å². The fourth-order valence-electron chi connectivity index (χ4n) is 2.08. The van der Waals surface area contributed by atoms with Crippen LogP contribution in [-0.4, -0.2) is 24.2 Å². The largest absolute Gasteiger partial charge is 0.351 e. The Labute approximate surface area is 115 Å². The normalized spacial score (nSPS) is 26.4. The Hall–Kier alpha value is -1.20. The van der Waals surface area contributed by atoms with Crippen molar-refractivity contribution in [2.45, 2.75) is 31.6 Å². The van der Waals surface area contributed by atoms with Crippen LogP contribution in [0, 0.1) is 5.82 Å². The van der Waals surface area contributed by atoms with E-state index in [1.54, 1.807) is 12.1 Å². The van der Waals surface area contributed by atoms with Gasteiger partial charge in [-0.05, 0) is 13.0 Å². The Morgan fingerprint density at radius 2 is 2.37 bits per heavy atom. The van der Waals surface area contributed by atoms with E-state index < -0.39 is 17.5 Å². The maximum Gasteiger partial charge on any atom is 0.237 e. The van der Waals surface area contributed by atoms with Crippen LogP contribution in [0.4, 0.5) is 8.78 Å². The third kappa shape index (κ3) is 3.42. The quantitative estimate of drug-likeness (QED) is 0.895. The fourth-order valence-corrected chi connectivity index (χ4v) is 2.28. The smallest absolute Gasteiger partial charge is 0.237 e. The number of amides is 1. The lowest BCUT2D eigenvalue weighted by Crippen LogP contribution is -2.40. The Kier molecular flexibility index (Phi) is 4.06. The number of hydrogen-bond donors (Lipinski definition) is 2. The lowest BCUT2D eigenvalue weighted by atomic mass is 10.0. The Bertz CT molecular complexity index is 494. The van der Waals surface area contributed by atoms with Crippen molar-refractivity contribution in [2.75, 3.05) is 6.54 Å². The number of carbonyl (C=O) groups excluding carboxylic acids is 1. The van der Waals surface area contributed by atoms with E-state index in [-0.39, 0.29) is 30.4 Å². The molecule has 1 fully saturated rings. The van der Waals surface area contributed by atoms with Gasteiger partial charge in [-0.25, -0.2) is 8.78 Å². The first kappa shape index (κ1) is 14.2. The Morgan fingerprint density at radius 1 is 1.63 bits per heavy atom. The molecule has 1 aliphatic rings. The van der Waals surface area contributed by atoms with Crippen LogP contribution in [0.15, 0.2) is 18.2 Å². The summed E-state index contributed by atoms with van der Waals surface area (Å²) in [6, 6.07) is 4.02. The van der Waals surface area contributed by atoms with Gasteiger partial charge < -0.3 is 10.6 Å². The van der Waals surface area contributed by atoms with Crippen LogP contribution >= 0.6 is 11.6 Å². The molecular formula is C13H15ClF2N2O. The zero-order chi connectivity index (χ0) is 14.0. The van der Waals surface area contributed by atoms with Crippen molar-refractivity contribution in [2.24, 2.45) is 0 Å². The number of alkyl halides is 1. The second-order valence-electron chi connectivity index (χ2n) is 4.98. The molecule has 2 atom stereocenters. The molecule has 2 rings (SSSR count). The van der Waals surface area contributed by atoms with Gasteiger partial charge in [0, 0.05) is 25.1 Å². The molecular weight excluding hydrogens is 274 g/mol. The molecule has 1 aliphatic heterocycles.